The Labute approximate surface area is 127 Å². The van der Waals surface area contributed by atoms with Crippen LogP contribution >= 0.6 is 27.5 Å². The average Bonchev–Trinajstić information content (AvgIpc) is 2.33. The second-order valence-electron chi connectivity index (χ2n) is 4.84. The zero-order chi connectivity index (χ0) is 14.4. The maximum Gasteiger partial charge on any atom is 0.224 e. The first-order valence-electron chi connectivity index (χ1n) is 6.28. The molecule has 19 heavy (non-hydrogen) atoms. The summed E-state index contributed by atoms with van der Waals surface area (Å²) in [5, 5.41) is 12.6. The molecule has 106 valence electrons. The van der Waals surface area contributed by atoms with Crippen molar-refractivity contribution in [1.82, 2.24) is 5.32 Å². The molecule has 0 aromatic heterocycles. The van der Waals surface area contributed by atoms with Crippen LogP contribution in [0.15, 0.2) is 22.7 Å². The smallest absolute Gasteiger partial charge is 0.224 e. The van der Waals surface area contributed by atoms with Crippen LogP contribution in [0.1, 0.15) is 25.8 Å². The lowest BCUT2D eigenvalue weighted by Crippen LogP contribution is -2.40. The SMILES string of the molecule is CC(C)C(CCO)NC(=O)Cc1cc(Cl)ccc1Br. The van der Waals surface area contributed by atoms with E-state index in [9.17, 15) is 4.79 Å². The Morgan fingerprint density at radius 3 is 2.74 bits per heavy atom. The van der Waals surface area contributed by atoms with Crippen LogP contribution in [0.4, 0.5) is 0 Å². The van der Waals surface area contributed by atoms with E-state index in [4.69, 9.17) is 16.7 Å². The lowest BCUT2D eigenvalue weighted by atomic mass is 10.0. The van der Waals surface area contributed by atoms with Crippen LogP contribution in [0.25, 0.3) is 0 Å². The van der Waals surface area contributed by atoms with E-state index in [1.807, 2.05) is 19.9 Å². The molecule has 1 amide bonds. The number of hydrogen-bond donors (Lipinski definition) is 2. The van der Waals surface area contributed by atoms with E-state index in [2.05, 4.69) is 21.2 Å². The van der Waals surface area contributed by atoms with E-state index >= 15 is 0 Å². The second kappa shape index (κ2) is 7.88. The van der Waals surface area contributed by atoms with Crippen LogP contribution in [0.3, 0.4) is 0 Å². The molecule has 1 aromatic carbocycles. The van der Waals surface area contributed by atoms with Gasteiger partial charge in [0, 0.05) is 22.1 Å². The third kappa shape index (κ3) is 5.51. The van der Waals surface area contributed by atoms with E-state index in [1.165, 1.54) is 0 Å². The van der Waals surface area contributed by atoms with Gasteiger partial charge in [0.05, 0.1) is 6.42 Å². The highest BCUT2D eigenvalue weighted by Gasteiger charge is 2.16. The molecule has 0 aliphatic carbocycles. The van der Waals surface area contributed by atoms with Crippen molar-refractivity contribution >= 4 is 33.4 Å². The summed E-state index contributed by atoms with van der Waals surface area (Å²) >= 11 is 9.33. The summed E-state index contributed by atoms with van der Waals surface area (Å²) in [6, 6.07) is 5.38. The lowest BCUT2D eigenvalue weighted by Gasteiger charge is -2.21. The van der Waals surface area contributed by atoms with Gasteiger partial charge in [-0.25, -0.2) is 0 Å². The van der Waals surface area contributed by atoms with Gasteiger partial charge in [-0.2, -0.15) is 0 Å². The fourth-order valence-electron chi connectivity index (χ4n) is 1.82. The first-order valence-corrected chi connectivity index (χ1v) is 7.45. The Hall–Kier alpha value is -0.580. The van der Waals surface area contributed by atoms with E-state index in [0.717, 1.165) is 10.0 Å². The van der Waals surface area contributed by atoms with Crippen molar-refractivity contribution in [3.05, 3.63) is 33.3 Å². The molecule has 0 radical (unpaired) electrons. The fraction of sp³-hybridized carbons (Fsp3) is 0.500. The van der Waals surface area contributed by atoms with Crippen LogP contribution in [0.2, 0.25) is 5.02 Å². The average molecular weight is 349 g/mol. The minimum atomic E-state index is -0.0601. The molecule has 5 heteroatoms. The molecule has 0 saturated heterocycles. The van der Waals surface area contributed by atoms with Crippen LogP contribution < -0.4 is 5.32 Å². The van der Waals surface area contributed by atoms with Gasteiger partial charge in [-0.05, 0) is 36.1 Å². The van der Waals surface area contributed by atoms with Crippen molar-refractivity contribution in [3.8, 4) is 0 Å². The number of rotatable bonds is 6. The number of benzene rings is 1. The number of halogens is 2. The van der Waals surface area contributed by atoms with E-state index < -0.39 is 0 Å². The number of carbonyl (C=O) groups excluding carboxylic acids is 1. The molecule has 0 heterocycles. The second-order valence-corrected chi connectivity index (χ2v) is 6.13. The van der Waals surface area contributed by atoms with Gasteiger partial charge in [0.2, 0.25) is 5.91 Å². The van der Waals surface area contributed by atoms with Gasteiger partial charge in [0.1, 0.15) is 0 Å². The Morgan fingerprint density at radius 1 is 1.47 bits per heavy atom. The van der Waals surface area contributed by atoms with Crippen molar-refractivity contribution in [2.75, 3.05) is 6.61 Å². The Bertz CT molecular complexity index is 437. The number of amides is 1. The standard InChI is InChI=1S/C14H19BrClNO2/c1-9(2)13(5-6-18)17-14(19)8-10-7-11(16)3-4-12(10)15/h3-4,7,9,13,18H,5-6,8H2,1-2H3,(H,17,19). The topological polar surface area (TPSA) is 49.3 Å². The van der Waals surface area contributed by atoms with Gasteiger partial charge >= 0.3 is 0 Å². The van der Waals surface area contributed by atoms with Gasteiger partial charge in [-0.1, -0.05) is 41.4 Å². The van der Waals surface area contributed by atoms with E-state index in [-0.39, 0.29) is 25.0 Å². The number of carbonyl (C=O) groups is 1. The van der Waals surface area contributed by atoms with Gasteiger partial charge in [0.25, 0.3) is 0 Å². The normalized spacial score (nSPS) is 12.5. The number of nitrogens with one attached hydrogen (secondary N) is 1. The fourth-order valence-corrected chi connectivity index (χ4v) is 2.40. The van der Waals surface area contributed by atoms with Crippen molar-refractivity contribution in [2.45, 2.75) is 32.7 Å². The van der Waals surface area contributed by atoms with Gasteiger partial charge in [-0.15, -0.1) is 0 Å². The predicted molar refractivity (Wildman–Crippen MR) is 81.3 cm³/mol. The molecule has 0 bridgehead atoms. The molecule has 0 fully saturated rings. The molecule has 0 spiro atoms. The highest BCUT2D eigenvalue weighted by Crippen LogP contribution is 2.21. The number of aliphatic hydroxyl groups excluding tert-OH is 1. The molecule has 1 rings (SSSR count). The highest BCUT2D eigenvalue weighted by molar-refractivity contribution is 9.10. The molecule has 0 aliphatic rings. The van der Waals surface area contributed by atoms with Gasteiger partial charge in [-0.3, -0.25) is 4.79 Å². The molecule has 3 nitrogen and oxygen atoms in total. The summed E-state index contributed by atoms with van der Waals surface area (Å²) in [4.78, 5) is 12.0. The summed E-state index contributed by atoms with van der Waals surface area (Å²) in [5.74, 6) is 0.231. The molecule has 1 atom stereocenters. The largest absolute Gasteiger partial charge is 0.396 e. The van der Waals surface area contributed by atoms with E-state index in [0.29, 0.717) is 17.4 Å². The summed E-state index contributed by atoms with van der Waals surface area (Å²) in [7, 11) is 0. The molecule has 1 aromatic rings. The lowest BCUT2D eigenvalue weighted by molar-refractivity contribution is -0.121. The highest BCUT2D eigenvalue weighted by atomic mass is 79.9. The van der Waals surface area contributed by atoms with Crippen molar-refractivity contribution in [1.29, 1.82) is 0 Å². The first-order chi connectivity index (χ1) is 8.93. The molecule has 0 aliphatic heterocycles. The summed E-state index contributed by atoms with van der Waals surface area (Å²) in [5.41, 5.74) is 0.858. The van der Waals surface area contributed by atoms with Crippen LogP contribution in [-0.2, 0) is 11.2 Å². The van der Waals surface area contributed by atoms with Gasteiger partial charge in [0.15, 0.2) is 0 Å². The monoisotopic (exact) mass is 347 g/mol. The number of hydrogen-bond acceptors (Lipinski definition) is 2. The third-order valence-electron chi connectivity index (χ3n) is 2.95. The zero-order valence-electron chi connectivity index (χ0n) is 11.1. The van der Waals surface area contributed by atoms with Crippen molar-refractivity contribution in [2.24, 2.45) is 5.92 Å². The van der Waals surface area contributed by atoms with Gasteiger partial charge < -0.3 is 10.4 Å². The maximum atomic E-state index is 12.0. The quantitative estimate of drug-likeness (QED) is 0.829. The Balaban J connectivity index is 2.66. The minimum Gasteiger partial charge on any atom is -0.396 e. The summed E-state index contributed by atoms with van der Waals surface area (Å²) in [6.45, 7) is 4.12. The van der Waals surface area contributed by atoms with Crippen LogP contribution in [0, 0.1) is 5.92 Å². The van der Waals surface area contributed by atoms with Crippen molar-refractivity contribution in [3.63, 3.8) is 0 Å². The predicted octanol–water partition coefficient (Wildman–Crippen LogP) is 3.17. The van der Waals surface area contributed by atoms with Crippen LogP contribution in [-0.4, -0.2) is 23.7 Å². The summed E-state index contributed by atoms with van der Waals surface area (Å²) in [6.07, 6.45) is 0.843. The Kier molecular flexibility index (Phi) is 6.83. The molecule has 2 N–H and O–H groups in total. The molecular formula is C14H19BrClNO2. The molecule has 1 unspecified atom stereocenters. The Morgan fingerprint density at radius 2 is 2.16 bits per heavy atom. The molecular weight excluding hydrogens is 330 g/mol. The summed E-state index contributed by atoms with van der Waals surface area (Å²) < 4.78 is 0.871. The first kappa shape index (κ1) is 16.5. The maximum absolute atomic E-state index is 12.0. The van der Waals surface area contributed by atoms with Crippen LogP contribution in [0.5, 0.6) is 0 Å². The molecule has 0 saturated carbocycles. The minimum absolute atomic E-state index is 0.00420. The van der Waals surface area contributed by atoms with Crippen molar-refractivity contribution < 1.29 is 9.90 Å². The number of aliphatic hydroxyl groups is 1. The zero-order valence-corrected chi connectivity index (χ0v) is 13.5. The van der Waals surface area contributed by atoms with E-state index in [1.54, 1.807) is 12.1 Å². The third-order valence-corrected chi connectivity index (χ3v) is 3.96.